The predicted molar refractivity (Wildman–Crippen MR) is 109 cm³/mol. The van der Waals surface area contributed by atoms with Crippen LogP contribution in [-0.4, -0.2) is 37.0 Å². The van der Waals surface area contributed by atoms with Gasteiger partial charge in [-0.1, -0.05) is 18.2 Å². The minimum absolute atomic E-state index is 0. The summed E-state index contributed by atoms with van der Waals surface area (Å²) < 4.78 is 13.6. The van der Waals surface area contributed by atoms with E-state index in [9.17, 15) is 9.18 Å². The van der Waals surface area contributed by atoms with Crippen molar-refractivity contribution >= 4 is 47.2 Å². The van der Waals surface area contributed by atoms with Crippen molar-refractivity contribution in [2.45, 2.75) is 13.5 Å². The van der Waals surface area contributed by atoms with Crippen molar-refractivity contribution in [1.82, 2.24) is 20.9 Å². The normalized spacial score (nSPS) is 10.8. The Morgan fingerprint density at radius 1 is 1.24 bits per heavy atom. The lowest BCUT2D eigenvalue weighted by Gasteiger charge is -2.12. The molecule has 1 heterocycles. The Balaban J connectivity index is 0.00000312. The molecule has 0 aliphatic carbocycles. The molecular weight excluding hydrogens is 456 g/mol. The molecule has 0 saturated carbocycles. The van der Waals surface area contributed by atoms with Gasteiger partial charge in [0.1, 0.15) is 10.7 Å². The number of aliphatic imine (C=N–C) groups is 1. The van der Waals surface area contributed by atoms with Crippen LogP contribution in [0.25, 0.3) is 0 Å². The SMILES string of the molecule is CN=C(NCCNC(=O)c1scnc1C)NCc1ccccc1F.I. The van der Waals surface area contributed by atoms with Crippen molar-refractivity contribution < 1.29 is 9.18 Å². The minimum Gasteiger partial charge on any atom is -0.355 e. The number of benzene rings is 1. The molecule has 2 aromatic rings. The average Bonchev–Trinajstić information content (AvgIpc) is 3.01. The smallest absolute Gasteiger partial charge is 0.263 e. The summed E-state index contributed by atoms with van der Waals surface area (Å²) >= 11 is 1.32. The van der Waals surface area contributed by atoms with Crippen LogP contribution >= 0.6 is 35.3 Å². The first-order chi connectivity index (χ1) is 11.6. The average molecular weight is 477 g/mol. The van der Waals surface area contributed by atoms with Crippen LogP contribution in [0.15, 0.2) is 34.8 Å². The Hall–Kier alpha value is -1.75. The number of rotatable bonds is 6. The largest absolute Gasteiger partial charge is 0.355 e. The number of nitrogens with one attached hydrogen (secondary N) is 3. The summed E-state index contributed by atoms with van der Waals surface area (Å²) in [5, 5.41) is 8.91. The van der Waals surface area contributed by atoms with Crippen molar-refractivity contribution in [1.29, 1.82) is 0 Å². The Morgan fingerprint density at radius 3 is 2.60 bits per heavy atom. The quantitative estimate of drug-likeness (QED) is 0.258. The molecule has 0 aliphatic heterocycles. The number of nitrogens with zero attached hydrogens (tertiary/aromatic N) is 2. The highest BCUT2D eigenvalue weighted by atomic mass is 127. The van der Waals surface area contributed by atoms with Gasteiger partial charge < -0.3 is 16.0 Å². The number of carbonyl (C=O) groups excluding carboxylic acids is 1. The number of hydrogen-bond donors (Lipinski definition) is 3. The molecule has 6 nitrogen and oxygen atoms in total. The summed E-state index contributed by atoms with van der Waals surface area (Å²) in [7, 11) is 1.63. The van der Waals surface area contributed by atoms with E-state index in [0.717, 1.165) is 5.69 Å². The molecule has 0 radical (unpaired) electrons. The second-order valence-electron chi connectivity index (χ2n) is 4.97. The molecule has 1 amide bonds. The second kappa shape index (κ2) is 11.0. The Morgan fingerprint density at radius 2 is 1.96 bits per heavy atom. The van der Waals surface area contributed by atoms with Gasteiger partial charge in [-0.25, -0.2) is 9.37 Å². The first kappa shape index (κ1) is 21.3. The van der Waals surface area contributed by atoms with Crippen LogP contribution in [0.2, 0.25) is 0 Å². The Kier molecular flexibility index (Phi) is 9.35. The standard InChI is InChI=1S/C16H20FN5OS.HI/c1-11-14(24-10-22-11)15(23)19-7-8-20-16(18-2)21-9-12-5-3-4-6-13(12)17;/h3-6,10H,7-9H2,1-2H3,(H,19,23)(H2,18,20,21);1H. The predicted octanol–water partition coefficient (Wildman–Crippen LogP) is 2.30. The van der Waals surface area contributed by atoms with Crippen molar-refractivity contribution in [3.8, 4) is 0 Å². The van der Waals surface area contributed by atoms with Gasteiger partial charge in [0.15, 0.2) is 5.96 Å². The van der Waals surface area contributed by atoms with Crippen LogP contribution in [-0.2, 0) is 6.54 Å². The zero-order chi connectivity index (χ0) is 17.4. The number of halogens is 2. The number of aryl methyl sites for hydroxylation is 1. The van der Waals surface area contributed by atoms with E-state index in [4.69, 9.17) is 0 Å². The molecule has 0 spiro atoms. The maximum atomic E-state index is 13.6. The van der Waals surface area contributed by atoms with Gasteiger partial charge in [0, 0.05) is 32.2 Å². The monoisotopic (exact) mass is 477 g/mol. The van der Waals surface area contributed by atoms with E-state index < -0.39 is 0 Å². The molecular formula is C16H21FIN5OS. The zero-order valence-corrected chi connectivity index (χ0v) is 17.2. The maximum absolute atomic E-state index is 13.6. The van der Waals surface area contributed by atoms with Gasteiger partial charge in [-0.05, 0) is 13.0 Å². The Bertz CT molecular complexity index is 722. The van der Waals surface area contributed by atoms with Crippen LogP contribution < -0.4 is 16.0 Å². The van der Waals surface area contributed by atoms with Crippen LogP contribution in [0, 0.1) is 12.7 Å². The molecule has 0 bridgehead atoms. The molecule has 0 unspecified atom stereocenters. The van der Waals surface area contributed by atoms with Crippen LogP contribution in [0.3, 0.4) is 0 Å². The fourth-order valence-electron chi connectivity index (χ4n) is 2.00. The van der Waals surface area contributed by atoms with Crippen molar-refractivity contribution in [2.24, 2.45) is 4.99 Å². The molecule has 25 heavy (non-hydrogen) atoms. The first-order valence-electron chi connectivity index (χ1n) is 7.48. The van der Waals surface area contributed by atoms with E-state index in [1.165, 1.54) is 17.4 Å². The van der Waals surface area contributed by atoms with Gasteiger partial charge in [-0.3, -0.25) is 9.79 Å². The molecule has 0 saturated heterocycles. The highest BCUT2D eigenvalue weighted by Crippen LogP contribution is 2.11. The molecule has 136 valence electrons. The van der Waals surface area contributed by atoms with Gasteiger partial charge in [0.2, 0.25) is 0 Å². The highest BCUT2D eigenvalue weighted by molar-refractivity contribution is 14.0. The number of thiazole rings is 1. The van der Waals surface area contributed by atoms with Gasteiger partial charge >= 0.3 is 0 Å². The summed E-state index contributed by atoms with van der Waals surface area (Å²) in [4.78, 5) is 20.7. The summed E-state index contributed by atoms with van der Waals surface area (Å²) in [6.07, 6.45) is 0. The molecule has 3 N–H and O–H groups in total. The lowest BCUT2D eigenvalue weighted by atomic mass is 10.2. The van der Waals surface area contributed by atoms with E-state index in [1.807, 2.05) is 0 Å². The van der Waals surface area contributed by atoms with Crippen molar-refractivity contribution in [3.05, 3.63) is 51.7 Å². The van der Waals surface area contributed by atoms with Crippen LogP contribution in [0.5, 0.6) is 0 Å². The van der Waals surface area contributed by atoms with Crippen molar-refractivity contribution in [3.63, 3.8) is 0 Å². The van der Waals surface area contributed by atoms with E-state index in [0.29, 0.717) is 36.0 Å². The summed E-state index contributed by atoms with van der Waals surface area (Å²) in [6.45, 7) is 3.08. The molecule has 0 aliphatic rings. The third-order valence-electron chi connectivity index (χ3n) is 3.28. The first-order valence-corrected chi connectivity index (χ1v) is 8.36. The van der Waals surface area contributed by atoms with Crippen LogP contribution in [0.4, 0.5) is 4.39 Å². The van der Waals surface area contributed by atoms with Gasteiger partial charge in [0.25, 0.3) is 5.91 Å². The molecule has 2 rings (SSSR count). The molecule has 1 aromatic carbocycles. The summed E-state index contributed by atoms with van der Waals surface area (Å²) in [5.41, 5.74) is 2.94. The van der Waals surface area contributed by atoms with Crippen LogP contribution in [0.1, 0.15) is 20.9 Å². The number of guanidine groups is 1. The molecule has 0 atom stereocenters. The third kappa shape index (κ3) is 6.58. The number of amides is 1. The number of hydrogen-bond acceptors (Lipinski definition) is 4. The van der Waals surface area contributed by atoms with E-state index in [2.05, 4.69) is 25.9 Å². The number of aromatic nitrogens is 1. The van der Waals surface area contributed by atoms with Crippen molar-refractivity contribution in [2.75, 3.05) is 20.1 Å². The third-order valence-corrected chi connectivity index (χ3v) is 4.21. The minimum atomic E-state index is -0.257. The Labute approximate surface area is 167 Å². The summed E-state index contributed by atoms with van der Waals surface area (Å²) in [5.74, 6) is 0.153. The lowest BCUT2D eigenvalue weighted by Crippen LogP contribution is -2.41. The topological polar surface area (TPSA) is 78.4 Å². The van der Waals surface area contributed by atoms with Gasteiger partial charge in [-0.2, -0.15) is 0 Å². The fraction of sp³-hybridized carbons (Fsp3) is 0.312. The van der Waals surface area contributed by atoms with E-state index >= 15 is 0 Å². The fourth-order valence-corrected chi connectivity index (χ4v) is 2.72. The number of carbonyl (C=O) groups is 1. The van der Waals surface area contributed by atoms with Gasteiger partial charge in [-0.15, -0.1) is 35.3 Å². The zero-order valence-electron chi connectivity index (χ0n) is 14.0. The molecule has 9 heteroatoms. The highest BCUT2D eigenvalue weighted by Gasteiger charge is 2.10. The molecule has 0 fully saturated rings. The van der Waals surface area contributed by atoms with Gasteiger partial charge in [0.05, 0.1) is 11.2 Å². The lowest BCUT2D eigenvalue weighted by molar-refractivity contribution is 0.0957. The second-order valence-corrected chi connectivity index (χ2v) is 5.82. The summed E-state index contributed by atoms with van der Waals surface area (Å²) in [6, 6.07) is 6.57. The molecule has 1 aromatic heterocycles. The van der Waals surface area contributed by atoms with E-state index in [-0.39, 0.29) is 35.7 Å². The van der Waals surface area contributed by atoms with E-state index in [1.54, 1.807) is 37.7 Å². The maximum Gasteiger partial charge on any atom is 0.263 e.